The average Bonchev–Trinajstić information content (AvgIpc) is 2.62. The molecule has 0 bridgehead atoms. The zero-order valence-electron chi connectivity index (χ0n) is 7.11. The van der Waals surface area contributed by atoms with Crippen molar-refractivity contribution in [2.45, 2.75) is 12.2 Å². The van der Waals surface area contributed by atoms with Gasteiger partial charge < -0.3 is 20.9 Å². The summed E-state index contributed by atoms with van der Waals surface area (Å²) in [7, 11) is 0. The van der Waals surface area contributed by atoms with Crippen molar-refractivity contribution in [3.8, 4) is 0 Å². The molecular weight excluding hydrogens is 156 g/mol. The molecule has 2 aliphatic rings. The normalized spacial score (nSPS) is 46.5. The van der Waals surface area contributed by atoms with E-state index in [0.29, 0.717) is 24.9 Å². The molecule has 4 N–H and O–H groups in total. The predicted molar refractivity (Wildman–Crippen MR) is 44.6 cm³/mol. The van der Waals surface area contributed by atoms with E-state index in [0.717, 1.165) is 13.2 Å². The highest BCUT2D eigenvalue weighted by molar-refractivity contribution is 4.94. The highest BCUT2D eigenvalue weighted by Gasteiger charge is 2.46. The third-order valence-corrected chi connectivity index (χ3v) is 2.86. The van der Waals surface area contributed by atoms with E-state index in [1.165, 1.54) is 0 Å². The van der Waals surface area contributed by atoms with Crippen LogP contribution < -0.4 is 11.5 Å². The summed E-state index contributed by atoms with van der Waals surface area (Å²) in [6.07, 6.45) is 0.423. The van der Waals surface area contributed by atoms with E-state index in [2.05, 4.69) is 0 Å². The van der Waals surface area contributed by atoms with Gasteiger partial charge in [-0.25, -0.2) is 0 Å². The molecule has 0 unspecified atom stereocenters. The summed E-state index contributed by atoms with van der Waals surface area (Å²) in [6.45, 7) is 2.78. The van der Waals surface area contributed by atoms with Crippen molar-refractivity contribution in [3.63, 3.8) is 0 Å². The lowest BCUT2D eigenvalue weighted by atomic mass is 9.97. The van der Waals surface area contributed by atoms with Gasteiger partial charge >= 0.3 is 0 Å². The standard InChI is InChI=1S/C8H16N2O2/c9-1-5-3-11-8-6(2-10)4-12-7(5)8/h5-8H,1-4,9-10H2/t5-,6-,7-,8-/m1/s1. The second-order valence-corrected chi connectivity index (χ2v) is 3.59. The molecular formula is C8H16N2O2. The summed E-state index contributed by atoms with van der Waals surface area (Å²) in [4.78, 5) is 0. The monoisotopic (exact) mass is 172 g/mol. The van der Waals surface area contributed by atoms with Gasteiger partial charge in [-0.3, -0.25) is 0 Å². The first-order chi connectivity index (χ1) is 5.86. The van der Waals surface area contributed by atoms with Gasteiger partial charge in [0.1, 0.15) is 0 Å². The lowest BCUT2D eigenvalue weighted by Gasteiger charge is -2.14. The third kappa shape index (κ3) is 1.15. The van der Waals surface area contributed by atoms with Crippen molar-refractivity contribution in [1.82, 2.24) is 0 Å². The van der Waals surface area contributed by atoms with E-state index in [1.807, 2.05) is 0 Å². The zero-order chi connectivity index (χ0) is 8.55. The summed E-state index contributed by atoms with van der Waals surface area (Å²) < 4.78 is 11.2. The molecule has 2 fully saturated rings. The lowest BCUT2D eigenvalue weighted by molar-refractivity contribution is 0.0615. The number of rotatable bonds is 2. The predicted octanol–water partition coefficient (Wildman–Crippen LogP) is -1.07. The highest BCUT2D eigenvalue weighted by Crippen LogP contribution is 2.33. The van der Waals surface area contributed by atoms with Crippen LogP contribution in [0.15, 0.2) is 0 Å². The fraction of sp³-hybridized carbons (Fsp3) is 1.00. The minimum Gasteiger partial charge on any atom is -0.375 e. The van der Waals surface area contributed by atoms with Crippen LogP contribution in [0.4, 0.5) is 0 Å². The van der Waals surface area contributed by atoms with Crippen molar-refractivity contribution >= 4 is 0 Å². The Bertz CT molecular complexity index is 147. The molecule has 0 radical (unpaired) electrons. The van der Waals surface area contributed by atoms with Gasteiger partial charge in [0.2, 0.25) is 0 Å². The highest BCUT2D eigenvalue weighted by atomic mass is 16.6. The van der Waals surface area contributed by atoms with Crippen LogP contribution in [0.5, 0.6) is 0 Å². The van der Waals surface area contributed by atoms with E-state index >= 15 is 0 Å². The molecule has 2 saturated heterocycles. The maximum absolute atomic E-state index is 5.60. The molecule has 4 atom stereocenters. The summed E-state index contributed by atoms with van der Waals surface area (Å²) in [6, 6.07) is 0. The molecule has 70 valence electrons. The van der Waals surface area contributed by atoms with E-state index in [-0.39, 0.29) is 12.2 Å². The third-order valence-electron chi connectivity index (χ3n) is 2.86. The second-order valence-electron chi connectivity index (χ2n) is 3.59. The summed E-state index contributed by atoms with van der Waals surface area (Å²) in [5.74, 6) is 0.762. The van der Waals surface area contributed by atoms with Crippen molar-refractivity contribution < 1.29 is 9.47 Å². The molecule has 0 amide bonds. The molecule has 2 heterocycles. The topological polar surface area (TPSA) is 70.5 Å². The maximum atomic E-state index is 5.60. The van der Waals surface area contributed by atoms with E-state index in [9.17, 15) is 0 Å². The Morgan fingerprint density at radius 1 is 0.917 bits per heavy atom. The van der Waals surface area contributed by atoms with Crippen LogP contribution in [0.3, 0.4) is 0 Å². The van der Waals surface area contributed by atoms with Crippen molar-refractivity contribution in [2.75, 3.05) is 26.3 Å². The van der Waals surface area contributed by atoms with Gasteiger partial charge in [-0.05, 0) is 13.1 Å². The number of hydrogen-bond acceptors (Lipinski definition) is 4. The molecule has 0 aliphatic carbocycles. The minimum absolute atomic E-state index is 0.212. The summed E-state index contributed by atoms with van der Waals surface area (Å²) in [5.41, 5.74) is 11.2. The molecule has 2 rings (SSSR count). The minimum atomic E-state index is 0.212. The molecule has 12 heavy (non-hydrogen) atoms. The van der Waals surface area contributed by atoms with Crippen molar-refractivity contribution in [2.24, 2.45) is 23.3 Å². The first kappa shape index (κ1) is 8.44. The van der Waals surface area contributed by atoms with Crippen LogP contribution >= 0.6 is 0 Å². The van der Waals surface area contributed by atoms with Gasteiger partial charge in [-0.15, -0.1) is 0 Å². The first-order valence-corrected chi connectivity index (χ1v) is 4.50. The molecule has 0 aromatic rings. The van der Waals surface area contributed by atoms with Gasteiger partial charge in [0.25, 0.3) is 0 Å². The molecule has 0 saturated carbocycles. The number of hydrogen-bond donors (Lipinski definition) is 2. The Morgan fingerprint density at radius 3 is 1.67 bits per heavy atom. The fourth-order valence-electron chi connectivity index (χ4n) is 2.06. The average molecular weight is 172 g/mol. The fourth-order valence-corrected chi connectivity index (χ4v) is 2.06. The lowest BCUT2D eigenvalue weighted by Crippen LogP contribution is -2.32. The van der Waals surface area contributed by atoms with Gasteiger partial charge in [0.15, 0.2) is 0 Å². The number of ether oxygens (including phenoxy) is 2. The van der Waals surface area contributed by atoms with Crippen LogP contribution in [0.25, 0.3) is 0 Å². The molecule has 2 aliphatic heterocycles. The summed E-state index contributed by atoms with van der Waals surface area (Å²) >= 11 is 0. The first-order valence-electron chi connectivity index (χ1n) is 4.50. The Labute approximate surface area is 72.2 Å². The van der Waals surface area contributed by atoms with E-state index in [4.69, 9.17) is 20.9 Å². The molecule has 4 heteroatoms. The molecule has 0 aromatic heterocycles. The van der Waals surface area contributed by atoms with Gasteiger partial charge in [-0.2, -0.15) is 0 Å². The number of fused-ring (bicyclic) bond motifs is 1. The smallest absolute Gasteiger partial charge is 0.0903 e. The van der Waals surface area contributed by atoms with Crippen LogP contribution in [-0.4, -0.2) is 38.5 Å². The van der Waals surface area contributed by atoms with Crippen molar-refractivity contribution in [3.05, 3.63) is 0 Å². The largest absolute Gasteiger partial charge is 0.375 e. The zero-order valence-corrected chi connectivity index (χ0v) is 7.11. The van der Waals surface area contributed by atoms with Gasteiger partial charge in [0.05, 0.1) is 25.4 Å². The van der Waals surface area contributed by atoms with Crippen molar-refractivity contribution in [1.29, 1.82) is 0 Å². The van der Waals surface area contributed by atoms with Gasteiger partial charge in [0, 0.05) is 11.8 Å². The Morgan fingerprint density at radius 2 is 1.33 bits per heavy atom. The Hall–Kier alpha value is -0.160. The quantitative estimate of drug-likeness (QED) is 0.556. The van der Waals surface area contributed by atoms with Crippen LogP contribution in [0, 0.1) is 11.8 Å². The Balaban J connectivity index is 2.01. The molecule has 0 spiro atoms. The van der Waals surface area contributed by atoms with Crippen LogP contribution in [0.1, 0.15) is 0 Å². The molecule has 4 nitrogen and oxygen atoms in total. The second kappa shape index (κ2) is 3.30. The van der Waals surface area contributed by atoms with Crippen LogP contribution in [-0.2, 0) is 9.47 Å². The summed E-state index contributed by atoms with van der Waals surface area (Å²) in [5, 5.41) is 0. The van der Waals surface area contributed by atoms with Gasteiger partial charge in [-0.1, -0.05) is 0 Å². The van der Waals surface area contributed by atoms with Crippen LogP contribution in [0.2, 0.25) is 0 Å². The maximum Gasteiger partial charge on any atom is 0.0903 e. The number of nitrogens with two attached hydrogens (primary N) is 2. The Kier molecular flexibility index (Phi) is 2.32. The van der Waals surface area contributed by atoms with E-state index < -0.39 is 0 Å². The van der Waals surface area contributed by atoms with E-state index in [1.54, 1.807) is 0 Å². The SMILES string of the molecule is NC[C@@H]1CO[C@@H]2[C@H](CN)CO[C@H]12. The molecule has 0 aromatic carbocycles.